The van der Waals surface area contributed by atoms with Crippen LogP contribution in [-0.4, -0.2) is 9.97 Å². The van der Waals surface area contributed by atoms with Crippen molar-refractivity contribution >= 4 is 17.1 Å². The Hall–Kier alpha value is -2.56. The number of halogens is 2. The predicted octanol–water partition coefficient (Wildman–Crippen LogP) is 5.19. The van der Waals surface area contributed by atoms with Gasteiger partial charge in [-0.1, -0.05) is 18.2 Å². The number of allylic oxidation sites excluding steroid dienone is 2. The zero-order chi connectivity index (χ0) is 17.6. The SMILES string of the molecule is C=C(Nc1cnc(C2=C(C)CCC23CC3)cn1)c1c(F)cccc1F. The molecule has 5 heteroatoms. The first-order valence-electron chi connectivity index (χ1n) is 8.43. The van der Waals surface area contributed by atoms with Gasteiger partial charge in [0, 0.05) is 5.70 Å². The first-order chi connectivity index (χ1) is 12.0. The average Bonchev–Trinajstić information content (AvgIpc) is 3.27. The molecular formula is C20H19F2N3. The lowest BCUT2D eigenvalue weighted by Gasteiger charge is -2.14. The molecule has 1 spiro atoms. The minimum absolute atomic E-state index is 0.118. The van der Waals surface area contributed by atoms with Crippen molar-refractivity contribution in [2.45, 2.75) is 32.6 Å². The highest BCUT2D eigenvalue weighted by Crippen LogP contribution is 2.63. The summed E-state index contributed by atoms with van der Waals surface area (Å²) in [6.45, 7) is 5.88. The molecule has 0 unspecified atom stereocenters. The molecule has 2 aromatic rings. The summed E-state index contributed by atoms with van der Waals surface area (Å²) in [4.78, 5) is 8.89. The van der Waals surface area contributed by atoms with E-state index in [1.165, 1.54) is 48.6 Å². The molecule has 1 fully saturated rings. The molecule has 0 saturated heterocycles. The van der Waals surface area contributed by atoms with Gasteiger partial charge in [0.25, 0.3) is 0 Å². The summed E-state index contributed by atoms with van der Waals surface area (Å²) in [5.74, 6) is -0.911. The molecule has 3 nitrogen and oxygen atoms in total. The molecule has 1 saturated carbocycles. The molecule has 25 heavy (non-hydrogen) atoms. The summed E-state index contributed by atoms with van der Waals surface area (Å²) in [5, 5.41) is 2.84. The Bertz CT molecular complexity index is 860. The largest absolute Gasteiger partial charge is 0.339 e. The third kappa shape index (κ3) is 2.73. The van der Waals surface area contributed by atoms with Gasteiger partial charge < -0.3 is 5.32 Å². The number of hydrogen-bond acceptors (Lipinski definition) is 3. The summed E-state index contributed by atoms with van der Waals surface area (Å²) < 4.78 is 27.6. The maximum absolute atomic E-state index is 13.8. The van der Waals surface area contributed by atoms with Gasteiger partial charge in [0.1, 0.15) is 17.5 Å². The Kier molecular flexibility index (Phi) is 3.67. The van der Waals surface area contributed by atoms with Crippen LogP contribution in [0.4, 0.5) is 14.6 Å². The zero-order valence-corrected chi connectivity index (χ0v) is 14.1. The van der Waals surface area contributed by atoms with Crippen molar-refractivity contribution < 1.29 is 8.78 Å². The van der Waals surface area contributed by atoms with Crippen LogP contribution in [0.1, 0.15) is 43.9 Å². The van der Waals surface area contributed by atoms with E-state index in [0.717, 1.165) is 12.1 Å². The van der Waals surface area contributed by atoms with E-state index in [2.05, 4.69) is 28.8 Å². The van der Waals surface area contributed by atoms with E-state index in [1.54, 1.807) is 12.4 Å². The van der Waals surface area contributed by atoms with Crippen molar-refractivity contribution in [3.63, 3.8) is 0 Å². The van der Waals surface area contributed by atoms with E-state index < -0.39 is 11.6 Å². The summed E-state index contributed by atoms with van der Waals surface area (Å²) in [5.41, 5.74) is 3.90. The summed E-state index contributed by atoms with van der Waals surface area (Å²) in [6, 6.07) is 3.72. The Balaban J connectivity index is 1.55. The summed E-state index contributed by atoms with van der Waals surface area (Å²) >= 11 is 0. The number of hydrogen-bond donors (Lipinski definition) is 1. The highest BCUT2D eigenvalue weighted by molar-refractivity contribution is 5.77. The Morgan fingerprint density at radius 2 is 1.84 bits per heavy atom. The van der Waals surface area contributed by atoms with Gasteiger partial charge in [-0.15, -0.1) is 0 Å². The lowest BCUT2D eigenvalue weighted by molar-refractivity contribution is 0.577. The van der Waals surface area contributed by atoms with Gasteiger partial charge in [0.05, 0.1) is 23.7 Å². The predicted molar refractivity (Wildman–Crippen MR) is 94.5 cm³/mol. The van der Waals surface area contributed by atoms with Gasteiger partial charge in [-0.2, -0.15) is 0 Å². The maximum Gasteiger partial charge on any atom is 0.148 e. The van der Waals surface area contributed by atoms with Crippen LogP contribution >= 0.6 is 0 Å². The standard InChI is InChI=1S/C20H19F2N3/c1-12-6-7-20(8-9-20)19(12)16-10-24-17(11-23-16)25-13(2)18-14(21)4-3-5-15(18)22/h3-5,10-11H,2,6-9H2,1H3,(H,24,25). The fraction of sp³-hybridized carbons (Fsp3) is 0.300. The van der Waals surface area contributed by atoms with Gasteiger partial charge >= 0.3 is 0 Å². The minimum Gasteiger partial charge on any atom is -0.339 e. The van der Waals surface area contributed by atoms with E-state index >= 15 is 0 Å². The number of nitrogens with one attached hydrogen (secondary N) is 1. The van der Waals surface area contributed by atoms with Crippen molar-refractivity contribution in [2.75, 3.05) is 5.32 Å². The Morgan fingerprint density at radius 3 is 2.44 bits per heavy atom. The van der Waals surface area contributed by atoms with E-state index in [-0.39, 0.29) is 11.3 Å². The molecular weight excluding hydrogens is 320 g/mol. The molecule has 0 aliphatic heterocycles. The molecule has 4 rings (SSSR count). The van der Waals surface area contributed by atoms with Gasteiger partial charge in [-0.25, -0.2) is 13.8 Å². The lowest BCUT2D eigenvalue weighted by atomic mass is 9.95. The number of benzene rings is 1. The lowest BCUT2D eigenvalue weighted by Crippen LogP contribution is -2.06. The second kappa shape index (κ2) is 5.76. The van der Waals surface area contributed by atoms with Crippen molar-refractivity contribution in [3.05, 3.63) is 65.6 Å². The molecule has 0 atom stereocenters. The first-order valence-corrected chi connectivity index (χ1v) is 8.43. The van der Waals surface area contributed by atoms with E-state index in [4.69, 9.17) is 0 Å². The summed E-state index contributed by atoms with van der Waals surface area (Å²) in [7, 11) is 0. The van der Waals surface area contributed by atoms with Crippen molar-refractivity contribution in [2.24, 2.45) is 5.41 Å². The van der Waals surface area contributed by atoms with E-state index in [1.807, 2.05) is 0 Å². The molecule has 128 valence electrons. The fourth-order valence-corrected chi connectivity index (χ4v) is 3.80. The average molecular weight is 339 g/mol. The molecule has 1 aromatic carbocycles. The molecule has 1 aromatic heterocycles. The summed E-state index contributed by atoms with van der Waals surface area (Å²) in [6.07, 6.45) is 8.11. The second-order valence-corrected chi connectivity index (χ2v) is 6.92. The Morgan fingerprint density at radius 1 is 1.12 bits per heavy atom. The van der Waals surface area contributed by atoms with E-state index in [9.17, 15) is 8.78 Å². The quantitative estimate of drug-likeness (QED) is 0.833. The Labute approximate surface area is 145 Å². The third-order valence-corrected chi connectivity index (χ3v) is 5.24. The molecule has 1 N–H and O–H groups in total. The number of nitrogens with zero attached hydrogens (tertiary/aromatic N) is 2. The van der Waals surface area contributed by atoms with Gasteiger partial charge in [-0.3, -0.25) is 4.98 Å². The van der Waals surface area contributed by atoms with Crippen molar-refractivity contribution in [1.29, 1.82) is 0 Å². The van der Waals surface area contributed by atoms with Crippen LogP contribution in [0.15, 0.2) is 42.7 Å². The van der Waals surface area contributed by atoms with Crippen LogP contribution in [0.3, 0.4) is 0 Å². The smallest absolute Gasteiger partial charge is 0.148 e. The topological polar surface area (TPSA) is 37.8 Å². The molecule has 2 aliphatic rings. The third-order valence-electron chi connectivity index (χ3n) is 5.24. The first kappa shape index (κ1) is 15.9. The van der Waals surface area contributed by atoms with Crippen LogP contribution in [0.25, 0.3) is 11.3 Å². The van der Waals surface area contributed by atoms with Gasteiger partial charge in [0.2, 0.25) is 0 Å². The minimum atomic E-state index is -0.663. The number of anilines is 1. The normalized spacial score (nSPS) is 17.9. The van der Waals surface area contributed by atoms with Gasteiger partial charge in [0.15, 0.2) is 0 Å². The van der Waals surface area contributed by atoms with Crippen molar-refractivity contribution in [3.8, 4) is 0 Å². The maximum atomic E-state index is 13.8. The molecule has 0 bridgehead atoms. The number of aromatic nitrogens is 2. The van der Waals surface area contributed by atoms with Crippen LogP contribution in [-0.2, 0) is 0 Å². The highest BCUT2D eigenvalue weighted by Gasteiger charge is 2.50. The highest BCUT2D eigenvalue weighted by atomic mass is 19.1. The van der Waals surface area contributed by atoms with Crippen molar-refractivity contribution in [1.82, 2.24) is 9.97 Å². The van der Waals surface area contributed by atoms with Crippen LogP contribution < -0.4 is 5.32 Å². The molecule has 0 amide bonds. The fourth-order valence-electron chi connectivity index (χ4n) is 3.80. The molecule has 0 radical (unpaired) electrons. The molecule has 1 heterocycles. The van der Waals surface area contributed by atoms with E-state index in [0.29, 0.717) is 11.2 Å². The monoisotopic (exact) mass is 339 g/mol. The van der Waals surface area contributed by atoms with Gasteiger partial charge in [-0.05, 0) is 55.7 Å². The van der Waals surface area contributed by atoms with Crippen LogP contribution in [0.2, 0.25) is 0 Å². The van der Waals surface area contributed by atoms with Crippen LogP contribution in [0, 0.1) is 17.0 Å². The molecule has 2 aliphatic carbocycles. The second-order valence-electron chi connectivity index (χ2n) is 6.92. The van der Waals surface area contributed by atoms with Crippen LogP contribution in [0.5, 0.6) is 0 Å². The number of rotatable bonds is 4. The zero-order valence-electron chi connectivity index (χ0n) is 14.1.